The number of carboxylic acids is 1. The molecule has 2 saturated heterocycles. The molecule has 0 aromatic heterocycles. The molecule has 2 amide bonds. The van der Waals surface area contributed by atoms with Crippen LogP contribution in [0.2, 0.25) is 0 Å². The van der Waals surface area contributed by atoms with Crippen LogP contribution in [0.25, 0.3) is 0 Å². The molecule has 21 heavy (non-hydrogen) atoms. The zero-order valence-electron chi connectivity index (χ0n) is 11.9. The molecule has 0 bridgehead atoms. The van der Waals surface area contributed by atoms with E-state index in [4.69, 9.17) is 9.84 Å². The van der Waals surface area contributed by atoms with E-state index in [1.54, 1.807) is 0 Å². The number of likely N-dealkylation sites (tertiary alicyclic amines) is 1. The van der Waals surface area contributed by atoms with Crippen molar-refractivity contribution in [1.29, 1.82) is 0 Å². The molecule has 1 unspecified atom stereocenters. The number of carboxylic acid groups (broad SMARTS) is 1. The lowest BCUT2D eigenvalue weighted by Crippen LogP contribution is -2.46. The molecule has 0 aromatic rings. The summed E-state index contributed by atoms with van der Waals surface area (Å²) in [4.78, 5) is 37.0. The van der Waals surface area contributed by atoms with Gasteiger partial charge in [-0.25, -0.2) is 9.69 Å². The largest absolute Gasteiger partial charge is 0.480 e. The highest BCUT2D eigenvalue weighted by Gasteiger charge is 2.30. The molecule has 1 atom stereocenters. The molecule has 0 spiro atoms. The second kappa shape index (κ2) is 7.37. The number of carbonyl (C=O) groups is 3. The Labute approximate surface area is 123 Å². The van der Waals surface area contributed by atoms with Crippen molar-refractivity contribution in [3.63, 3.8) is 0 Å². The summed E-state index contributed by atoms with van der Waals surface area (Å²) in [5.74, 6) is -0.765. The number of rotatable bonds is 6. The topological polar surface area (TPSA) is 99.2 Å². The van der Waals surface area contributed by atoms with Gasteiger partial charge in [-0.2, -0.15) is 0 Å². The van der Waals surface area contributed by atoms with E-state index in [1.165, 1.54) is 0 Å². The third-order valence-electron chi connectivity index (χ3n) is 3.73. The Morgan fingerprint density at radius 3 is 2.86 bits per heavy atom. The molecular weight excluding hydrogens is 278 g/mol. The van der Waals surface area contributed by atoms with Gasteiger partial charge in [-0.1, -0.05) is 0 Å². The van der Waals surface area contributed by atoms with Gasteiger partial charge in [-0.15, -0.1) is 0 Å². The number of nitrogens with one attached hydrogen (secondary N) is 1. The van der Waals surface area contributed by atoms with Crippen LogP contribution in [0.15, 0.2) is 0 Å². The number of piperidine rings is 1. The average molecular weight is 299 g/mol. The molecule has 2 aliphatic heterocycles. The zero-order chi connectivity index (χ0) is 15.2. The fraction of sp³-hybridized carbons (Fsp3) is 0.769. The monoisotopic (exact) mass is 299 g/mol. The first-order valence-electron chi connectivity index (χ1n) is 7.18. The second-order valence-electron chi connectivity index (χ2n) is 5.43. The standard InChI is InChI=1S/C13H21N3O5/c17-11(16-4-5-21-13(16)20)9-15-3-1-2-10(8-15)6-14-7-12(18)19/h10,14H,1-9H2,(H,18,19). The summed E-state index contributed by atoms with van der Waals surface area (Å²) < 4.78 is 4.75. The van der Waals surface area contributed by atoms with Crippen LogP contribution in [-0.2, 0) is 14.3 Å². The number of ether oxygens (including phenoxy) is 1. The van der Waals surface area contributed by atoms with E-state index in [2.05, 4.69) is 5.32 Å². The summed E-state index contributed by atoms with van der Waals surface area (Å²) in [6.45, 7) is 2.95. The van der Waals surface area contributed by atoms with Gasteiger partial charge in [0.15, 0.2) is 0 Å². The molecule has 8 heteroatoms. The van der Waals surface area contributed by atoms with Crippen molar-refractivity contribution in [2.75, 3.05) is 45.9 Å². The highest BCUT2D eigenvalue weighted by molar-refractivity contribution is 5.94. The van der Waals surface area contributed by atoms with Crippen LogP contribution in [0.1, 0.15) is 12.8 Å². The van der Waals surface area contributed by atoms with Crippen molar-refractivity contribution in [3.8, 4) is 0 Å². The Kier molecular flexibility index (Phi) is 5.51. The van der Waals surface area contributed by atoms with Crippen LogP contribution in [-0.4, -0.2) is 78.8 Å². The van der Waals surface area contributed by atoms with Crippen molar-refractivity contribution in [2.24, 2.45) is 5.92 Å². The Morgan fingerprint density at radius 1 is 1.38 bits per heavy atom. The third-order valence-corrected chi connectivity index (χ3v) is 3.73. The lowest BCUT2D eigenvalue weighted by atomic mass is 9.98. The zero-order valence-corrected chi connectivity index (χ0v) is 11.9. The van der Waals surface area contributed by atoms with Crippen molar-refractivity contribution in [2.45, 2.75) is 12.8 Å². The number of imide groups is 1. The third kappa shape index (κ3) is 4.68. The molecule has 2 aliphatic rings. The second-order valence-corrected chi connectivity index (χ2v) is 5.43. The maximum atomic E-state index is 12.0. The van der Waals surface area contributed by atoms with Gasteiger partial charge in [0.1, 0.15) is 6.61 Å². The van der Waals surface area contributed by atoms with E-state index in [0.29, 0.717) is 19.0 Å². The SMILES string of the molecule is O=C(O)CNCC1CCCN(CC(=O)N2CCOC2=O)C1. The maximum Gasteiger partial charge on any atom is 0.416 e. The molecule has 2 heterocycles. The lowest BCUT2D eigenvalue weighted by Gasteiger charge is -2.32. The van der Waals surface area contributed by atoms with Crippen LogP contribution in [0.3, 0.4) is 0 Å². The Balaban J connectivity index is 1.74. The first kappa shape index (κ1) is 15.7. The van der Waals surface area contributed by atoms with Crippen molar-refractivity contribution >= 4 is 18.0 Å². The minimum absolute atomic E-state index is 0.0466. The van der Waals surface area contributed by atoms with E-state index in [0.717, 1.165) is 30.8 Å². The first-order chi connectivity index (χ1) is 10.1. The number of hydrogen-bond donors (Lipinski definition) is 2. The van der Waals surface area contributed by atoms with E-state index >= 15 is 0 Å². The summed E-state index contributed by atoms with van der Waals surface area (Å²) in [6.07, 6.45) is 1.43. The van der Waals surface area contributed by atoms with Crippen LogP contribution in [0, 0.1) is 5.92 Å². The Hall–Kier alpha value is -1.67. The smallest absolute Gasteiger partial charge is 0.416 e. The van der Waals surface area contributed by atoms with Gasteiger partial charge >= 0.3 is 12.1 Å². The molecule has 0 aromatic carbocycles. The van der Waals surface area contributed by atoms with Crippen molar-refractivity contribution in [3.05, 3.63) is 0 Å². The summed E-state index contributed by atoms with van der Waals surface area (Å²) in [5.41, 5.74) is 0. The van der Waals surface area contributed by atoms with Crippen LogP contribution in [0.5, 0.6) is 0 Å². The maximum absolute atomic E-state index is 12.0. The molecule has 2 N–H and O–H groups in total. The molecule has 0 radical (unpaired) electrons. The highest BCUT2D eigenvalue weighted by Crippen LogP contribution is 2.16. The van der Waals surface area contributed by atoms with Crippen LogP contribution >= 0.6 is 0 Å². The lowest BCUT2D eigenvalue weighted by molar-refractivity contribution is -0.136. The fourth-order valence-electron chi connectivity index (χ4n) is 2.74. The predicted octanol–water partition coefficient (Wildman–Crippen LogP) is -0.649. The van der Waals surface area contributed by atoms with Gasteiger partial charge in [0.05, 0.1) is 19.6 Å². The van der Waals surface area contributed by atoms with Crippen molar-refractivity contribution in [1.82, 2.24) is 15.1 Å². The van der Waals surface area contributed by atoms with Gasteiger partial charge in [-0.05, 0) is 31.8 Å². The molecule has 0 saturated carbocycles. The highest BCUT2D eigenvalue weighted by atomic mass is 16.6. The van der Waals surface area contributed by atoms with Gasteiger partial charge in [0.2, 0.25) is 5.91 Å². The summed E-state index contributed by atoms with van der Waals surface area (Å²) in [7, 11) is 0. The number of aliphatic carboxylic acids is 1. The van der Waals surface area contributed by atoms with E-state index in [9.17, 15) is 14.4 Å². The summed E-state index contributed by atoms with van der Waals surface area (Å²) >= 11 is 0. The van der Waals surface area contributed by atoms with Gasteiger partial charge in [0, 0.05) is 6.54 Å². The normalized spacial score (nSPS) is 23.1. The van der Waals surface area contributed by atoms with E-state index in [-0.39, 0.29) is 25.6 Å². The first-order valence-corrected chi connectivity index (χ1v) is 7.18. The number of amides is 2. The molecule has 118 valence electrons. The van der Waals surface area contributed by atoms with Gasteiger partial charge < -0.3 is 15.2 Å². The minimum atomic E-state index is -0.870. The van der Waals surface area contributed by atoms with Gasteiger partial charge in [-0.3, -0.25) is 14.5 Å². The summed E-state index contributed by atoms with van der Waals surface area (Å²) in [5, 5.41) is 11.5. The molecule has 2 rings (SSSR count). The fourth-order valence-corrected chi connectivity index (χ4v) is 2.74. The predicted molar refractivity (Wildman–Crippen MR) is 72.7 cm³/mol. The molecule has 0 aliphatic carbocycles. The van der Waals surface area contributed by atoms with Crippen molar-refractivity contribution < 1.29 is 24.2 Å². The Morgan fingerprint density at radius 2 is 2.19 bits per heavy atom. The van der Waals surface area contributed by atoms with Crippen LogP contribution in [0.4, 0.5) is 4.79 Å². The number of cyclic esters (lactones) is 1. The minimum Gasteiger partial charge on any atom is -0.480 e. The van der Waals surface area contributed by atoms with Crippen LogP contribution < -0.4 is 5.32 Å². The Bertz CT molecular complexity index is 415. The molecule has 2 fully saturated rings. The van der Waals surface area contributed by atoms with E-state index < -0.39 is 12.1 Å². The average Bonchev–Trinajstić information content (AvgIpc) is 2.85. The molecule has 8 nitrogen and oxygen atoms in total. The number of nitrogens with zero attached hydrogens (tertiary/aromatic N) is 2. The quantitative estimate of drug-likeness (QED) is 0.672. The van der Waals surface area contributed by atoms with Gasteiger partial charge in [0.25, 0.3) is 0 Å². The molecular formula is C13H21N3O5. The number of carbonyl (C=O) groups excluding carboxylic acids is 2. The summed E-state index contributed by atoms with van der Waals surface area (Å²) in [6, 6.07) is 0. The number of hydrogen-bond acceptors (Lipinski definition) is 6. The van der Waals surface area contributed by atoms with E-state index in [1.807, 2.05) is 4.90 Å².